The molecule has 1 saturated carbocycles. The summed E-state index contributed by atoms with van der Waals surface area (Å²) < 4.78 is 0. The molecule has 4 unspecified atom stereocenters. The summed E-state index contributed by atoms with van der Waals surface area (Å²) in [5, 5.41) is 0. The van der Waals surface area contributed by atoms with Crippen LogP contribution in [0.15, 0.2) is 0 Å². The van der Waals surface area contributed by atoms with Crippen LogP contribution >= 0.6 is 0 Å². The van der Waals surface area contributed by atoms with Crippen LogP contribution in [0.4, 0.5) is 0 Å². The molecule has 0 spiro atoms. The molecular weight excluding hydrogens is 156 g/mol. The lowest BCUT2D eigenvalue weighted by molar-refractivity contribution is 0.228. The molecule has 0 aliphatic heterocycles. The van der Waals surface area contributed by atoms with Gasteiger partial charge in [0.1, 0.15) is 0 Å². The molecule has 78 valence electrons. The van der Waals surface area contributed by atoms with Gasteiger partial charge in [0.05, 0.1) is 0 Å². The van der Waals surface area contributed by atoms with Gasteiger partial charge in [-0.3, -0.25) is 0 Å². The summed E-state index contributed by atoms with van der Waals surface area (Å²) in [7, 11) is 0. The Kier molecular flexibility index (Phi) is 3.43. The van der Waals surface area contributed by atoms with Gasteiger partial charge in [0.25, 0.3) is 0 Å². The molecule has 1 aliphatic rings. The first-order chi connectivity index (χ1) is 6.00. The van der Waals surface area contributed by atoms with Crippen molar-refractivity contribution in [3.05, 3.63) is 0 Å². The van der Waals surface area contributed by atoms with E-state index in [4.69, 9.17) is 0 Å². The molecule has 0 nitrogen and oxygen atoms in total. The zero-order chi connectivity index (χ0) is 10.2. The Morgan fingerprint density at radius 3 is 1.69 bits per heavy atom. The predicted molar refractivity (Wildman–Crippen MR) is 59.6 cm³/mol. The third kappa shape index (κ3) is 2.08. The van der Waals surface area contributed by atoms with Gasteiger partial charge < -0.3 is 0 Å². The summed E-state index contributed by atoms with van der Waals surface area (Å²) in [6.07, 6.45) is 1.37. The van der Waals surface area contributed by atoms with Gasteiger partial charge in [0, 0.05) is 0 Å². The predicted octanol–water partition coefficient (Wildman–Crippen LogP) is 4.21. The molecule has 0 aromatic carbocycles. The Balaban J connectivity index is 2.53. The molecule has 0 bridgehead atoms. The molecule has 0 saturated heterocycles. The molecule has 1 fully saturated rings. The molecule has 0 heteroatoms. The Morgan fingerprint density at radius 2 is 1.46 bits per heavy atom. The zero-order valence-electron chi connectivity index (χ0n) is 10.2. The second-order valence-corrected chi connectivity index (χ2v) is 5.47. The van der Waals surface area contributed by atoms with E-state index in [1.807, 2.05) is 0 Å². The molecule has 0 radical (unpaired) electrons. The van der Waals surface area contributed by atoms with E-state index in [-0.39, 0.29) is 0 Å². The Hall–Kier alpha value is 0. The highest BCUT2D eigenvalue weighted by Crippen LogP contribution is 2.54. The largest absolute Gasteiger partial charge is 0.0651 e. The number of hydrogen-bond donors (Lipinski definition) is 0. The van der Waals surface area contributed by atoms with Gasteiger partial charge in [-0.1, -0.05) is 48.0 Å². The van der Waals surface area contributed by atoms with Crippen LogP contribution in [0, 0.1) is 35.5 Å². The topological polar surface area (TPSA) is 0 Å². The van der Waals surface area contributed by atoms with E-state index in [2.05, 4.69) is 41.5 Å². The SMILES string of the molecule is CCC(C(C)C(C)C)C1C(C)C1C. The molecule has 0 amide bonds. The van der Waals surface area contributed by atoms with Crippen molar-refractivity contribution in [3.8, 4) is 0 Å². The Morgan fingerprint density at radius 1 is 1.00 bits per heavy atom. The fraction of sp³-hybridized carbons (Fsp3) is 1.00. The summed E-state index contributed by atoms with van der Waals surface area (Å²) in [6.45, 7) is 14.4. The number of hydrogen-bond acceptors (Lipinski definition) is 0. The van der Waals surface area contributed by atoms with Crippen LogP contribution < -0.4 is 0 Å². The van der Waals surface area contributed by atoms with Crippen LogP contribution in [0.1, 0.15) is 48.0 Å². The van der Waals surface area contributed by atoms with Crippen molar-refractivity contribution in [1.29, 1.82) is 0 Å². The molecule has 0 heterocycles. The fourth-order valence-corrected chi connectivity index (χ4v) is 2.97. The van der Waals surface area contributed by atoms with Gasteiger partial charge in [-0.25, -0.2) is 0 Å². The molecule has 0 N–H and O–H groups in total. The first-order valence-corrected chi connectivity index (χ1v) is 6.00. The van der Waals surface area contributed by atoms with E-state index in [1.165, 1.54) is 6.42 Å². The first-order valence-electron chi connectivity index (χ1n) is 6.00. The Labute approximate surface area is 84.1 Å². The first kappa shape index (κ1) is 11.1. The highest BCUT2D eigenvalue weighted by Gasteiger charge is 2.48. The van der Waals surface area contributed by atoms with Gasteiger partial charge >= 0.3 is 0 Å². The maximum absolute atomic E-state index is 2.44. The summed E-state index contributed by atoms with van der Waals surface area (Å²) in [5.41, 5.74) is 0. The molecule has 0 aromatic heterocycles. The van der Waals surface area contributed by atoms with Crippen molar-refractivity contribution in [3.63, 3.8) is 0 Å². The minimum Gasteiger partial charge on any atom is -0.0651 e. The van der Waals surface area contributed by atoms with Crippen molar-refractivity contribution in [2.75, 3.05) is 0 Å². The van der Waals surface area contributed by atoms with Crippen LogP contribution in [0.25, 0.3) is 0 Å². The van der Waals surface area contributed by atoms with Crippen LogP contribution in [0.3, 0.4) is 0 Å². The highest BCUT2D eigenvalue weighted by atomic mass is 14.5. The quantitative estimate of drug-likeness (QED) is 0.611. The number of rotatable bonds is 4. The van der Waals surface area contributed by atoms with E-state index in [9.17, 15) is 0 Å². The summed E-state index contributed by atoms with van der Waals surface area (Å²) in [5.74, 6) is 5.75. The molecule has 0 aromatic rings. The minimum absolute atomic E-state index is 0.852. The van der Waals surface area contributed by atoms with Gasteiger partial charge in [0.15, 0.2) is 0 Å². The van der Waals surface area contributed by atoms with Crippen molar-refractivity contribution in [2.24, 2.45) is 35.5 Å². The molecule has 1 aliphatic carbocycles. The third-order valence-corrected chi connectivity index (χ3v) is 4.60. The van der Waals surface area contributed by atoms with E-state index in [0.29, 0.717) is 0 Å². The summed E-state index contributed by atoms with van der Waals surface area (Å²) >= 11 is 0. The van der Waals surface area contributed by atoms with Crippen molar-refractivity contribution in [2.45, 2.75) is 48.0 Å². The lowest BCUT2D eigenvalue weighted by Crippen LogP contribution is -2.19. The van der Waals surface area contributed by atoms with Crippen molar-refractivity contribution < 1.29 is 0 Å². The molecule has 1 rings (SSSR count). The second-order valence-electron chi connectivity index (χ2n) is 5.47. The van der Waals surface area contributed by atoms with E-state index in [1.54, 1.807) is 0 Å². The zero-order valence-corrected chi connectivity index (χ0v) is 10.2. The van der Waals surface area contributed by atoms with Crippen LogP contribution in [-0.4, -0.2) is 0 Å². The van der Waals surface area contributed by atoms with Gasteiger partial charge in [-0.05, 0) is 35.5 Å². The lowest BCUT2D eigenvalue weighted by atomic mass is 9.79. The average molecular weight is 182 g/mol. The normalized spacial score (nSPS) is 37.6. The average Bonchev–Trinajstić information content (AvgIpc) is 2.63. The maximum atomic E-state index is 2.44. The van der Waals surface area contributed by atoms with E-state index in [0.717, 1.165) is 35.5 Å². The minimum atomic E-state index is 0.852. The molecular formula is C13H26. The van der Waals surface area contributed by atoms with Crippen molar-refractivity contribution >= 4 is 0 Å². The standard InChI is InChI=1S/C13H26/c1-7-12(9(4)8(2)3)13-10(5)11(13)6/h8-13H,7H2,1-6H3. The van der Waals surface area contributed by atoms with Crippen LogP contribution in [0.2, 0.25) is 0 Å². The van der Waals surface area contributed by atoms with E-state index < -0.39 is 0 Å². The van der Waals surface area contributed by atoms with Crippen molar-refractivity contribution in [1.82, 2.24) is 0 Å². The second kappa shape index (κ2) is 4.02. The van der Waals surface area contributed by atoms with Crippen LogP contribution in [0.5, 0.6) is 0 Å². The van der Waals surface area contributed by atoms with Gasteiger partial charge in [-0.15, -0.1) is 0 Å². The van der Waals surface area contributed by atoms with Gasteiger partial charge in [0.2, 0.25) is 0 Å². The Bertz CT molecular complexity index is 143. The highest BCUT2D eigenvalue weighted by molar-refractivity contribution is 4.96. The lowest BCUT2D eigenvalue weighted by Gasteiger charge is -2.26. The third-order valence-electron chi connectivity index (χ3n) is 4.60. The summed E-state index contributed by atoms with van der Waals surface area (Å²) in [6, 6.07) is 0. The molecule has 4 atom stereocenters. The fourth-order valence-electron chi connectivity index (χ4n) is 2.97. The summed E-state index contributed by atoms with van der Waals surface area (Å²) in [4.78, 5) is 0. The smallest absolute Gasteiger partial charge is 0.0326 e. The molecule has 13 heavy (non-hydrogen) atoms. The van der Waals surface area contributed by atoms with Crippen LogP contribution in [-0.2, 0) is 0 Å². The maximum Gasteiger partial charge on any atom is -0.0326 e. The van der Waals surface area contributed by atoms with E-state index >= 15 is 0 Å². The monoisotopic (exact) mass is 182 g/mol. The van der Waals surface area contributed by atoms with Gasteiger partial charge in [-0.2, -0.15) is 0 Å².